The van der Waals surface area contributed by atoms with E-state index < -0.39 is 5.82 Å². The highest BCUT2D eigenvalue weighted by Gasteiger charge is 2.28. The molecular formula is C14H18FNO2. The summed E-state index contributed by atoms with van der Waals surface area (Å²) in [6.07, 6.45) is 0.192. The highest BCUT2D eigenvalue weighted by Crippen LogP contribution is 2.20. The van der Waals surface area contributed by atoms with Gasteiger partial charge >= 0.3 is 0 Å². The van der Waals surface area contributed by atoms with Crippen molar-refractivity contribution in [1.29, 1.82) is 0 Å². The molecule has 98 valence electrons. The van der Waals surface area contributed by atoms with Crippen LogP contribution in [0, 0.1) is 18.7 Å². The SMILES string of the molecule is Cc1ccc(C(=O)N2CCC(O)C(C)C2)c(F)c1. The summed E-state index contributed by atoms with van der Waals surface area (Å²) in [6, 6.07) is 4.64. The molecule has 0 bridgehead atoms. The Morgan fingerprint density at radius 3 is 2.83 bits per heavy atom. The van der Waals surface area contributed by atoms with Gasteiger partial charge in [0.25, 0.3) is 5.91 Å². The van der Waals surface area contributed by atoms with Gasteiger partial charge in [-0.05, 0) is 37.0 Å². The zero-order chi connectivity index (χ0) is 13.3. The second-order valence-corrected chi connectivity index (χ2v) is 5.07. The van der Waals surface area contributed by atoms with Crippen LogP contribution in [0.25, 0.3) is 0 Å². The fourth-order valence-corrected chi connectivity index (χ4v) is 2.28. The normalized spacial score (nSPS) is 24.1. The molecule has 1 aliphatic heterocycles. The minimum Gasteiger partial charge on any atom is -0.393 e. The molecule has 1 aromatic rings. The third-order valence-electron chi connectivity index (χ3n) is 3.50. The van der Waals surface area contributed by atoms with E-state index in [0.29, 0.717) is 19.5 Å². The summed E-state index contributed by atoms with van der Waals surface area (Å²) in [4.78, 5) is 13.8. The molecule has 2 atom stereocenters. The number of aliphatic hydroxyl groups is 1. The number of hydrogen-bond donors (Lipinski definition) is 1. The molecule has 1 fully saturated rings. The van der Waals surface area contributed by atoms with Crippen molar-refractivity contribution >= 4 is 5.91 Å². The third kappa shape index (κ3) is 2.53. The van der Waals surface area contributed by atoms with E-state index in [9.17, 15) is 14.3 Å². The number of aliphatic hydroxyl groups excluding tert-OH is 1. The topological polar surface area (TPSA) is 40.5 Å². The minimum atomic E-state index is -0.473. The molecule has 1 aromatic carbocycles. The highest BCUT2D eigenvalue weighted by molar-refractivity contribution is 5.94. The van der Waals surface area contributed by atoms with Crippen LogP contribution in [0.1, 0.15) is 29.3 Å². The Hall–Kier alpha value is -1.42. The molecule has 2 unspecified atom stereocenters. The molecular weight excluding hydrogens is 233 g/mol. The fourth-order valence-electron chi connectivity index (χ4n) is 2.28. The molecule has 3 nitrogen and oxygen atoms in total. The van der Waals surface area contributed by atoms with Gasteiger partial charge in [0, 0.05) is 13.1 Å². The van der Waals surface area contributed by atoms with Crippen molar-refractivity contribution in [3.8, 4) is 0 Å². The maximum atomic E-state index is 13.7. The van der Waals surface area contributed by atoms with Crippen LogP contribution in [-0.4, -0.2) is 35.1 Å². The number of benzene rings is 1. The highest BCUT2D eigenvalue weighted by atomic mass is 19.1. The maximum absolute atomic E-state index is 13.7. The Morgan fingerprint density at radius 1 is 1.50 bits per heavy atom. The molecule has 18 heavy (non-hydrogen) atoms. The van der Waals surface area contributed by atoms with Gasteiger partial charge in [-0.15, -0.1) is 0 Å². The molecule has 1 amide bonds. The predicted molar refractivity (Wildman–Crippen MR) is 66.8 cm³/mol. The Labute approximate surface area is 106 Å². The number of amides is 1. The molecule has 1 N–H and O–H groups in total. The van der Waals surface area contributed by atoms with Crippen molar-refractivity contribution < 1.29 is 14.3 Å². The molecule has 0 saturated carbocycles. The first-order chi connectivity index (χ1) is 8.49. The Kier molecular flexibility index (Phi) is 3.66. The Balaban J connectivity index is 2.16. The summed E-state index contributed by atoms with van der Waals surface area (Å²) in [6.45, 7) is 4.65. The van der Waals surface area contributed by atoms with E-state index in [0.717, 1.165) is 5.56 Å². The number of halogens is 1. The number of hydrogen-bond acceptors (Lipinski definition) is 2. The van der Waals surface area contributed by atoms with Crippen LogP contribution >= 0.6 is 0 Å². The molecule has 1 aliphatic rings. The smallest absolute Gasteiger partial charge is 0.256 e. The van der Waals surface area contributed by atoms with Crippen LogP contribution in [0.3, 0.4) is 0 Å². The second kappa shape index (κ2) is 5.06. The fraction of sp³-hybridized carbons (Fsp3) is 0.500. The Bertz CT molecular complexity index is 461. The van der Waals surface area contributed by atoms with Crippen LogP contribution in [-0.2, 0) is 0 Å². The van der Waals surface area contributed by atoms with Crippen molar-refractivity contribution in [2.24, 2.45) is 5.92 Å². The lowest BCUT2D eigenvalue weighted by atomic mass is 9.96. The first-order valence-electron chi connectivity index (χ1n) is 6.22. The van der Waals surface area contributed by atoms with E-state index >= 15 is 0 Å². The number of nitrogens with zero attached hydrogens (tertiary/aromatic N) is 1. The monoisotopic (exact) mass is 251 g/mol. The number of carbonyl (C=O) groups excluding carboxylic acids is 1. The lowest BCUT2D eigenvalue weighted by Gasteiger charge is -2.34. The zero-order valence-corrected chi connectivity index (χ0v) is 10.7. The van der Waals surface area contributed by atoms with Gasteiger partial charge in [0.05, 0.1) is 11.7 Å². The van der Waals surface area contributed by atoms with Crippen molar-refractivity contribution in [3.05, 3.63) is 35.1 Å². The first kappa shape index (κ1) is 13.0. The number of aryl methyl sites for hydroxylation is 1. The molecule has 1 saturated heterocycles. The van der Waals surface area contributed by atoms with E-state index in [4.69, 9.17) is 0 Å². The first-order valence-corrected chi connectivity index (χ1v) is 6.22. The molecule has 0 radical (unpaired) electrons. The number of piperidine rings is 1. The summed E-state index contributed by atoms with van der Waals surface area (Å²) in [5, 5.41) is 9.63. The molecule has 0 spiro atoms. The standard InChI is InChI=1S/C14H18FNO2/c1-9-3-4-11(12(15)7-9)14(18)16-6-5-13(17)10(2)8-16/h3-4,7,10,13,17H,5-6,8H2,1-2H3. The lowest BCUT2D eigenvalue weighted by Crippen LogP contribution is -2.45. The van der Waals surface area contributed by atoms with Crippen LogP contribution in [0.5, 0.6) is 0 Å². The van der Waals surface area contributed by atoms with Crippen molar-refractivity contribution in [2.75, 3.05) is 13.1 Å². The van der Waals surface area contributed by atoms with Gasteiger partial charge in [-0.3, -0.25) is 4.79 Å². The molecule has 1 heterocycles. The van der Waals surface area contributed by atoms with Gasteiger partial charge in [-0.2, -0.15) is 0 Å². The van der Waals surface area contributed by atoms with E-state index in [1.54, 1.807) is 17.9 Å². The third-order valence-corrected chi connectivity index (χ3v) is 3.50. The summed E-state index contributed by atoms with van der Waals surface area (Å²) >= 11 is 0. The van der Waals surface area contributed by atoms with Gasteiger partial charge in [0.2, 0.25) is 0 Å². The summed E-state index contributed by atoms with van der Waals surface area (Å²) in [5.41, 5.74) is 0.913. The van der Waals surface area contributed by atoms with Crippen LogP contribution in [0.2, 0.25) is 0 Å². The minimum absolute atomic E-state index is 0.0382. The van der Waals surface area contributed by atoms with E-state index in [-0.39, 0.29) is 23.5 Å². The number of likely N-dealkylation sites (tertiary alicyclic amines) is 1. The van der Waals surface area contributed by atoms with E-state index in [1.165, 1.54) is 12.1 Å². The summed E-state index contributed by atoms with van der Waals surface area (Å²) in [7, 11) is 0. The average molecular weight is 251 g/mol. The van der Waals surface area contributed by atoms with Gasteiger partial charge in [-0.25, -0.2) is 4.39 Å². The average Bonchev–Trinajstić information content (AvgIpc) is 2.32. The molecule has 2 rings (SSSR count). The predicted octanol–water partition coefficient (Wildman–Crippen LogP) is 1.98. The van der Waals surface area contributed by atoms with Crippen LogP contribution in [0.15, 0.2) is 18.2 Å². The Morgan fingerprint density at radius 2 is 2.22 bits per heavy atom. The largest absolute Gasteiger partial charge is 0.393 e. The van der Waals surface area contributed by atoms with E-state index in [2.05, 4.69) is 0 Å². The zero-order valence-electron chi connectivity index (χ0n) is 10.7. The van der Waals surface area contributed by atoms with Gasteiger partial charge in [0.15, 0.2) is 0 Å². The second-order valence-electron chi connectivity index (χ2n) is 5.07. The molecule has 0 aromatic heterocycles. The van der Waals surface area contributed by atoms with Gasteiger partial charge in [-0.1, -0.05) is 13.0 Å². The van der Waals surface area contributed by atoms with Crippen molar-refractivity contribution in [2.45, 2.75) is 26.4 Å². The number of carbonyl (C=O) groups is 1. The van der Waals surface area contributed by atoms with E-state index in [1.807, 2.05) is 6.92 Å². The van der Waals surface area contributed by atoms with Crippen LogP contribution < -0.4 is 0 Å². The van der Waals surface area contributed by atoms with Crippen molar-refractivity contribution in [1.82, 2.24) is 4.90 Å². The van der Waals surface area contributed by atoms with Crippen LogP contribution in [0.4, 0.5) is 4.39 Å². The number of rotatable bonds is 1. The van der Waals surface area contributed by atoms with Gasteiger partial charge < -0.3 is 10.0 Å². The molecule has 4 heteroatoms. The maximum Gasteiger partial charge on any atom is 0.256 e. The lowest BCUT2D eigenvalue weighted by molar-refractivity contribution is 0.0295. The molecule has 0 aliphatic carbocycles. The summed E-state index contributed by atoms with van der Waals surface area (Å²) in [5.74, 6) is -0.721. The quantitative estimate of drug-likeness (QED) is 0.829. The van der Waals surface area contributed by atoms with Gasteiger partial charge in [0.1, 0.15) is 5.82 Å². The summed E-state index contributed by atoms with van der Waals surface area (Å²) < 4.78 is 13.7. The van der Waals surface area contributed by atoms with Crippen molar-refractivity contribution in [3.63, 3.8) is 0 Å².